The number of amides is 1. The summed E-state index contributed by atoms with van der Waals surface area (Å²) in [5.41, 5.74) is 1.20. The van der Waals surface area contributed by atoms with Gasteiger partial charge in [-0.2, -0.15) is 0 Å². The second kappa shape index (κ2) is 8.38. The molecule has 0 saturated carbocycles. The van der Waals surface area contributed by atoms with Gasteiger partial charge in [-0.1, -0.05) is 29.8 Å². The molecule has 1 N–H and O–H groups in total. The Morgan fingerprint density at radius 1 is 1.18 bits per heavy atom. The SMILES string of the molecule is CN(C)S(=O)(=O)c1ccccc1CNC(=O)Cc1cc(Cl)c2c(c1)OCCO2. The van der Waals surface area contributed by atoms with Crippen molar-refractivity contribution in [2.45, 2.75) is 17.9 Å². The summed E-state index contributed by atoms with van der Waals surface area (Å²) < 4.78 is 37.0. The van der Waals surface area contributed by atoms with E-state index in [1.807, 2.05) is 0 Å². The van der Waals surface area contributed by atoms with Crippen LogP contribution in [-0.4, -0.2) is 45.9 Å². The maximum Gasteiger partial charge on any atom is 0.242 e. The summed E-state index contributed by atoms with van der Waals surface area (Å²) in [5.74, 6) is 0.744. The quantitative estimate of drug-likeness (QED) is 0.768. The smallest absolute Gasteiger partial charge is 0.242 e. The second-order valence-electron chi connectivity index (χ2n) is 6.45. The number of benzene rings is 2. The van der Waals surface area contributed by atoms with Crippen LogP contribution in [0, 0.1) is 0 Å². The number of rotatable bonds is 6. The fourth-order valence-corrected chi connectivity index (χ4v) is 4.21. The van der Waals surface area contributed by atoms with E-state index in [1.54, 1.807) is 30.3 Å². The molecule has 7 nitrogen and oxygen atoms in total. The summed E-state index contributed by atoms with van der Waals surface area (Å²) in [6, 6.07) is 9.98. The van der Waals surface area contributed by atoms with Crippen LogP contribution in [0.5, 0.6) is 11.5 Å². The molecular formula is C19H21ClN2O5S. The highest BCUT2D eigenvalue weighted by molar-refractivity contribution is 7.89. The maximum absolute atomic E-state index is 12.4. The molecule has 1 aliphatic rings. The van der Waals surface area contributed by atoms with Crippen molar-refractivity contribution in [1.82, 2.24) is 9.62 Å². The molecule has 0 saturated heterocycles. The topological polar surface area (TPSA) is 84.9 Å². The largest absolute Gasteiger partial charge is 0.486 e. The molecule has 150 valence electrons. The van der Waals surface area contributed by atoms with Crippen LogP contribution >= 0.6 is 11.6 Å². The van der Waals surface area contributed by atoms with Gasteiger partial charge >= 0.3 is 0 Å². The van der Waals surface area contributed by atoms with Crippen molar-refractivity contribution in [2.24, 2.45) is 0 Å². The van der Waals surface area contributed by atoms with Crippen LogP contribution < -0.4 is 14.8 Å². The number of nitrogens with one attached hydrogen (secondary N) is 1. The second-order valence-corrected chi connectivity index (χ2v) is 8.98. The molecule has 0 aliphatic carbocycles. The minimum absolute atomic E-state index is 0.0823. The van der Waals surface area contributed by atoms with Gasteiger partial charge in [-0.3, -0.25) is 4.79 Å². The van der Waals surface area contributed by atoms with Gasteiger partial charge in [0, 0.05) is 20.6 Å². The highest BCUT2D eigenvalue weighted by Crippen LogP contribution is 2.38. The first-order valence-corrected chi connectivity index (χ1v) is 10.5. The zero-order valence-electron chi connectivity index (χ0n) is 15.6. The molecule has 0 unspecified atom stereocenters. The van der Waals surface area contributed by atoms with Crippen molar-refractivity contribution in [1.29, 1.82) is 0 Å². The van der Waals surface area contributed by atoms with E-state index in [9.17, 15) is 13.2 Å². The number of carbonyl (C=O) groups is 1. The first-order valence-electron chi connectivity index (χ1n) is 8.64. The summed E-state index contributed by atoms with van der Waals surface area (Å²) in [5, 5.41) is 3.15. The van der Waals surface area contributed by atoms with E-state index >= 15 is 0 Å². The van der Waals surface area contributed by atoms with Crippen LogP contribution in [0.1, 0.15) is 11.1 Å². The third-order valence-electron chi connectivity index (χ3n) is 4.23. The van der Waals surface area contributed by atoms with Crippen molar-refractivity contribution < 1.29 is 22.7 Å². The summed E-state index contributed by atoms with van der Waals surface area (Å²) in [6.45, 7) is 0.957. The fraction of sp³-hybridized carbons (Fsp3) is 0.316. The lowest BCUT2D eigenvalue weighted by Crippen LogP contribution is -2.28. The van der Waals surface area contributed by atoms with Crippen LogP contribution in [-0.2, 0) is 27.8 Å². The van der Waals surface area contributed by atoms with Gasteiger partial charge in [-0.25, -0.2) is 12.7 Å². The first kappa shape index (κ1) is 20.4. The molecule has 1 aliphatic heterocycles. The summed E-state index contributed by atoms with van der Waals surface area (Å²) in [7, 11) is -0.659. The third-order valence-corrected chi connectivity index (χ3v) is 6.42. The molecule has 28 heavy (non-hydrogen) atoms. The maximum atomic E-state index is 12.4. The predicted molar refractivity (Wildman–Crippen MR) is 105 cm³/mol. The van der Waals surface area contributed by atoms with Crippen LogP contribution in [0.4, 0.5) is 0 Å². The number of ether oxygens (including phenoxy) is 2. The Kier molecular flexibility index (Phi) is 6.12. The number of nitrogens with zero attached hydrogens (tertiary/aromatic N) is 1. The van der Waals surface area contributed by atoms with Gasteiger partial charge in [0.25, 0.3) is 0 Å². The first-order chi connectivity index (χ1) is 13.3. The lowest BCUT2D eigenvalue weighted by Gasteiger charge is -2.20. The van der Waals surface area contributed by atoms with Crippen molar-refractivity contribution in [3.63, 3.8) is 0 Å². The fourth-order valence-electron chi connectivity index (χ4n) is 2.81. The zero-order chi connectivity index (χ0) is 20.3. The third kappa shape index (κ3) is 4.40. The molecule has 2 aromatic carbocycles. The normalized spacial score (nSPS) is 13.4. The highest BCUT2D eigenvalue weighted by atomic mass is 35.5. The van der Waals surface area contributed by atoms with Gasteiger partial charge in [0.15, 0.2) is 11.5 Å². The average molecular weight is 425 g/mol. The van der Waals surface area contributed by atoms with E-state index in [4.69, 9.17) is 21.1 Å². The highest BCUT2D eigenvalue weighted by Gasteiger charge is 2.21. The van der Waals surface area contributed by atoms with Crippen molar-refractivity contribution >= 4 is 27.5 Å². The molecule has 9 heteroatoms. The van der Waals surface area contributed by atoms with Crippen molar-refractivity contribution in [3.8, 4) is 11.5 Å². The van der Waals surface area contributed by atoms with Crippen molar-refractivity contribution in [3.05, 3.63) is 52.5 Å². The van der Waals surface area contributed by atoms with E-state index in [0.717, 1.165) is 4.31 Å². The number of carbonyl (C=O) groups excluding carboxylic acids is 1. The Labute approximate surface area is 169 Å². The minimum Gasteiger partial charge on any atom is -0.486 e. The van der Waals surface area contributed by atoms with Gasteiger partial charge in [-0.15, -0.1) is 0 Å². The summed E-state index contributed by atoms with van der Waals surface area (Å²) in [4.78, 5) is 12.5. The number of hydrogen-bond acceptors (Lipinski definition) is 5. The van der Waals surface area contributed by atoms with E-state index in [0.29, 0.717) is 40.9 Å². The molecule has 0 atom stereocenters. The Hall–Kier alpha value is -2.29. The molecule has 1 amide bonds. The standard InChI is InChI=1S/C19H21ClN2O5S/c1-22(2)28(24,25)17-6-4-3-5-14(17)12-21-18(23)11-13-9-15(20)19-16(10-13)26-7-8-27-19/h3-6,9-10H,7-8,11-12H2,1-2H3,(H,21,23). The number of fused-ring (bicyclic) bond motifs is 1. The Morgan fingerprint density at radius 3 is 2.64 bits per heavy atom. The summed E-state index contributed by atoms with van der Waals surface area (Å²) >= 11 is 6.20. The van der Waals surface area contributed by atoms with Gasteiger partial charge in [0.05, 0.1) is 16.3 Å². The molecule has 2 aromatic rings. The van der Waals surface area contributed by atoms with Crippen molar-refractivity contribution in [2.75, 3.05) is 27.3 Å². The van der Waals surface area contributed by atoms with E-state index in [1.165, 1.54) is 20.2 Å². The molecule has 0 fully saturated rings. The molecule has 1 heterocycles. The Balaban J connectivity index is 1.70. The molecule has 0 spiro atoms. The lowest BCUT2D eigenvalue weighted by atomic mass is 10.1. The van der Waals surface area contributed by atoms with Crippen LogP contribution in [0.15, 0.2) is 41.3 Å². The van der Waals surface area contributed by atoms with Crippen LogP contribution in [0.2, 0.25) is 5.02 Å². The zero-order valence-corrected chi connectivity index (χ0v) is 17.1. The monoisotopic (exact) mass is 424 g/mol. The number of sulfonamides is 1. The van der Waals surface area contributed by atoms with Crippen LogP contribution in [0.3, 0.4) is 0 Å². The Morgan fingerprint density at radius 2 is 1.89 bits per heavy atom. The lowest BCUT2D eigenvalue weighted by molar-refractivity contribution is -0.120. The molecule has 0 radical (unpaired) electrons. The minimum atomic E-state index is -3.60. The Bertz CT molecular complexity index is 992. The van der Waals surface area contributed by atoms with Gasteiger partial charge in [-0.05, 0) is 29.3 Å². The van der Waals surface area contributed by atoms with Gasteiger partial charge in [0.2, 0.25) is 15.9 Å². The van der Waals surface area contributed by atoms with E-state index < -0.39 is 10.0 Å². The molecule has 0 aromatic heterocycles. The number of halogens is 1. The molecule has 0 bridgehead atoms. The molecular weight excluding hydrogens is 404 g/mol. The average Bonchev–Trinajstić information content (AvgIpc) is 2.66. The van der Waals surface area contributed by atoms with Gasteiger partial charge < -0.3 is 14.8 Å². The molecule has 3 rings (SSSR count). The van der Waals surface area contributed by atoms with Crippen LogP contribution in [0.25, 0.3) is 0 Å². The van der Waals surface area contributed by atoms with Gasteiger partial charge in [0.1, 0.15) is 13.2 Å². The predicted octanol–water partition coefficient (Wildman–Crippen LogP) is 2.22. The summed E-state index contributed by atoms with van der Waals surface area (Å²) in [6.07, 6.45) is 0.0823. The number of hydrogen-bond donors (Lipinski definition) is 1. The van der Waals surface area contributed by atoms with E-state index in [-0.39, 0.29) is 23.8 Å². The van der Waals surface area contributed by atoms with E-state index in [2.05, 4.69) is 5.32 Å².